The molecule has 1 fully saturated rings. The molecular formula is C21H29N5O2. The number of benzene rings is 1. The summed E-state index contributed by atoms with van der Waals surface area (Å²) in [6, 6.07) is 8.22. The summed E-state index contributed by atoms with van der Waals surface area (Å²) in [5.41, 5.74) is 3.52. The van der Waals surface area contributed by atoms with E-state index >= 15 is 0 Å². The lowest BCUT2D eigenvalue weighted by atomic mass is 9.93. The fourth-order valence-corrected chi connectivity index (χ4v) is 4.24. The van der Waals surface area contributed by atoms with Gasteiger partial charge in [-0.05, 0) is 38.3 Å². The van der Waals surface area contributed by atoms with E-state index in [0.29, 0.717) is 19.7 Å². The fourth-order valence-electron chi connectivity index (χ4n) is 4.24. The zero-order chi connectivity index (χ0) is 19.5. The summed E-state index contributed by atoms with van der Waals surface area (Å²) in [5.74, 6) is 0.911. The predicted molar refractivity (Wildman–Crippen MR) is 109 cm³/mol. The van der Waals surface area contributed by atoms with E-state index in [1.54, 1.807) is 0 Å². The minimum atomic E-state index is 0.0273. The molecule has 2 aromatic rings. The Balaban J connectivity index is 1.36. The normalized spacial score (nSPS) is 19.3. The van der Waals surface area contributed by atoms with Crippen molar-refractivity contribution in [1.82, 2.24) is 20.0 Å². The van der Waals surface area contributed by atoms with Gasteiger partial charge in [-0.3, -0.25) is 4.68 Å². The standard InChI is InChI=1S/C21H29N5O2/c1-3-28-20-10-5-4-8-19(20)25-11-13-26(14-12-25)21(27)23-17-7-6-9-18-16(17)15-22-24(18)2/h4-5,8,10,15,17H,3,6-7,9,11-14H2,1-2H3,(H,23,27). The molecule has 1 aromatic heterocycles. The number of nitrogens with one attached hydrogen (secondary N) is 1. The Morgan fingerprint density at radius 3 is 2.82 bits per heavy atom. The smallest absolute Gasteiger partial charge is 0.318 e. The number of carbonyl (C=O) groups excluding carboxylic acids is 1. The minimum absolute atomic E-state index is 0.0273. The molecule has 4 rings (SSSR count). The second-order valence-corrected chi connectivity index (χ2v) is 7.44. The largest absolute Gasteiger partial charge is 0.492 e. The van der Waals surface area contributed by atoms with E-state index in [1.165, 1.54) is 11.3 Å². The van der Waals surface area contributed by atoms with Crippen LogP contribution in [0.3, 0.4) is 0 Å². The van der Waals surface area contributed by atoms with E-state index in [9.17, 15) is 4.79 Å². The third kappa shape index (κ3) is 3.66. The van der Waals surface area contributed by atoms with Crippen molar-refractivity contribution < 1.29 is 9.53 Å². The summed E-state index contributed by atoms with van der Waals surface area (Å²) in [6.45, 7) is 5.67. The van der Waals surface area contributed by atoms with Crippen LogP contribution in [0.25, 0.3) is 0 Å². The molecular weight excluding hydrogens is 354 g/mol. The summed E-state index contributed by atoms with van der Waals surface area (Å²) < 4.78 is 7.69. The number of hydrogen-bond donors (Lipinski definition) is 1. The van der Waals surface area contributed by atoms with Gasteiger partial charge in [0.15, 0.2) is 0 Å². The molecule has 1 aliphatic carbocycles. The van der Waals surface area contributed by atoms with Gasteiger partial charge in [0, 0.05) is 44.5 Å². The SMILES string of the molecule is CCOc1ccccc1N1CCN(C(=O)NC2CCCc3c2cnn3C)CC1. The summed E-state index contributed by atoms with van der Waals surface area (Å²) in [5, 5.41) is 7.60. The first-order chi connectivity index (χ1) is 13.7. The number of anilines is 1. The molecule has 2 amide bonds. The number of nitrogens with zero attached hydrogens (tertiary/aromatic N) is 4. The number of urea groups is 1. The van der Waals surface area contributed by atoms with E-state index in [1.807, 2.05) is 47.9 Å². The van der Waals surface area contributed by atoms with Crippen LogP contribution in [0.4, 0.5) is 10.5 Å². The highest BCUT2D eigenvalue weighted by Crippen LogP contribution is 2.30. The highest BCUT2D eigenvalue weighted by atomic mass is 16.5. The number of carbonyl (C=O) groups is 1. The van der Waals surface area contributed by atoms with Crippen molar-refractivity contribution in [2.24, 2.45) is 7.05 Å². The molecule has 1 N–H and O–H groups in total. The molecule has 0 saturated carbocycles. The van der Waals surface area contributed by atoms with Gasteiger partial charge in [-0.15, -0.1) is 0 Å². The van der Waals surface area contributed by atoms with E-state index in [0.717, 1.165) is 43.8 Å². The highest BCUT2D eigenvalue weighted by Gasteiger charge is 2.28. The van der Waals surface area contributed by atoms with Crippen LogP contribution in [-0.2, 0) is 13.5 Å². The molecule has 1 atom stereocenters. The van der Waals surface area contributed by atoms with Crippen LogP contribution in [0.5, 0.6) is 5.75 Å². The summed E-state index contributed by atoms with van der Waals surface area (Å²) >= 11 is 0. The average Bonchev–Trinajstić information content (AvgIpc) is 3.11. The first-order valence-electron chi connectivity index (χ1n) is 10.2. The lowest BCUT2D eigenvalue weighted by Gasteiger charge is -2.37. The molecule has 2 aliphatic rings. The molecule has 0 bridgehead atoms. The maximum atomic E-state index is 12.8. The monoisotopic (exact) mass is 383 g/mol. The number of rotatable bonds is 4. The van der Waals surface area contributed by atoms with Crippen molar-refractivity contribution in [3.05, 3.63) is 41.7 Å². The van der Waals surface area contributed by atoms with Gasteiger partial charge in [0.25, 0.3) is 0 Å². The van der Waals surface area contributed by atoms with Crippen molar-refractivity contribution in [1.29, 1.82) is 0 Å². The van der Waals surface area contributed by atoms with E-state index in [2.05, 4.69) is 21.4 Å². The van der Waals surface area contributed by atoms with Crippen LogP contribution in [0.1, 0.15) is 37.1 Å². The lowest BCUT2D eigenvalue weighted by molar-refractivity contribution is 0.188. The van der Waals surface area contributed by atoms with Gasteiger partial charge in [0.2, 0.25) is 0 Å². The van der Waals surface area contributed by atoms with Crippen LogP contribution >= 0.6 is 0 Å². The van der Waals surface area contributed by atoms with E-state index in [4.69, 9.17) is 4.74 Å². The maximum absolute atomic E-state index is 12.8. The quantitative estimate of drug-likeness (QED) is 0.882. The molecule has 1 aromatic carbocycles. The third-order valence-electron chi connectivity index (χ3n) is 5.75. The van der Waals surface area contributed by atoms with Gasteiger partial charge in [-0.2, -0.15) is 5.10 Å². The number of piperazine rings is 1. The van der Waals surface area contributed by atoms with Crippen molar-refractivity contribution in [2.45, 2.75) is 32.2 Å². The summed E-state index contributed by atoms with van der Waals surface area (Å²) in [4.78, 5) is 17.1. The fraction of sp³-hybridized carbons (Fsp3) is 0.524. The van der Waals surface area contributed by atoms with Gasteiger partial charge in [0.05, 0.1) is 24.5 Å². The Kier molecular flexibility index (Phi) is 5.41. The average molecular weight is 383 g/mol. The van der Waals surface area contributed by atoms with Gasteiger partial charge in [0.1, 0.15) is 5.75 Å². The molecule has 1 aliphatic heterocycles. The third-order valence-corrected chi connectivity index (χ3v) is 5.75. The van der Waals surface area contributed by atoms with Crippen LogP contribution < -0.4 is 15.0 Å². The molecule has 0 radical (unpaired) electrons. The molecule has 0 spiro atoms. The van der Waals surface area contributed by atoms with Gasteiger partial charge in [-0.25, -0.2) is 4.79 Å². The van der Waals surface area contributed by atoms with Crippen molar-refractivity contribution in [2.75, 3.05) is 37.7 Å². The molecule has 7 nitrogen and oxygen atoms in total. The van der Waals surface area contributed by atoms with Crippen molar-refractivity contribution in [3.8, 4) is 5.75 Å². The number of ether oxygens (including phenoxy) is 1. The van der Waals surface area contributed by atoms with Crippen LogP contribution in [0.2, 0.25) is 0 Å². The molecule has 7 heteroatoms. The Bertz CT molecular complexity index is 826. The molecule has 150 valence electrons. The second-order valence-electron chi connectivity index (χ2n) is 7.44. The van der Waals surface area contributed by atoms with E-state index < -0.39 is 0 Å². The minimum Gasteiger partial charge on any atom is -0.492 e. The summed E-state index contributed by atoms with van der Waals surface area (Å²) in [7, 11) is 1.97. The van der Waals surface area contributed by atoms with E-state index in [-0.39, 0.29) is 12.1 Å². The number of para-hydroxylation sites is 2. The van der Waals surface area contributed by atoms with Crippen molar-refractivity contribution >= 4 is 11.7 Å². The Morgan fingerprint density at radius 2 is 2.04 bits per heavy atom. The van der Waals surface area contributed by atoms with Crippen LogP contribution in [0.15, 0.2) is 30.5 Å². The molecule has 28 heavy (non-hydrogen) atoms. The number of aromatic nitrogens is 2. The van der Waals surface area contributed by atoms with Gasteiger partial charge < -0.3 is 19.9 Å². The molecule has 2 heterocycles. The molecule has 1 unspecified atom stereocenters. The maximum Gasteiger partial charge on any atom is 0.318 e. The number of aryl methyl sites for hydroxylation is 1. The Hall–Kier alpha value is -2.70. The Morgan fingerprint density at radius 1 is 1.25 bits per heavy atom. The first kappa shape index (κ1) is 18.7. The zero-order valence-corrected chi connectivity index (χ0v) is 16.7. The number of hydrogen-bond acceptors (Lipinski definition) is 4. The summed E-state index contributed by atoms with van der Waals surface area (Å²) in [6.07, 6.45) is 5.00. The highest BCUT2D eigenvalue weighted by molar-refractivity contribution is 5.75. The topological polar surface area (TPSA) is 62.6 Å². The predicted octanol–water partition coefficient (Wildman–Crippen LogP) is 2.73. The second kappa shape index (κ2) is 8.12. The van der Waals surface area contributed by atoms with Gasteiger partial charge >= 0.3 is 6.03 Å². The zero-order valence-electron chi connectivity index (χ0n) is 16.7. The number of amides is 2. The number of fused-ring (bicyclic) bond motifs is 1. The van der Waals surface area contributed by atoms with Crippen LogP contribution in [-0.4, -0.2) is 53.5 Å². The first-order valence-corrected chi connectivity index (χ1v) is 10.2. The van der Waals surface area contributed by atoms with Crippen LogP contribution in [0, 0.1) is 0 Å². The lowest BCUT2D eigenvalue weighted by Crippen LogP contribution is -2.52. The Labute approximate surface area is 166 Å². The molecule has 1 saturated heterocycles. The van der Waals surface area contributed by atoms with Gasteiger partial charge in [-0.1, -0.05) is 12.1 Å². The van der Waals surface area contributed by atoms with Crippen molar-refractivity contribution in [3.63, 3.8) is 0 Å².